The Bertz CT molecular complexity index is 992. The predicted molar refractivity (Wildman–Crippen MR) is 94.0 cm³/mol. The molecule has 3 N–H and O–H groups in total. The van der Waals surface area contributed by atoms with Crippen molar-refractivity contribution in [2.75, 3.05) is 6.61 Å². The van der Waals surface area contributed by atoms with Gasteiger partial charge in [0.2, 0.25) is 0 Å². The molecule has 2 atom stereocenters. The molecular formula is C20H18N2O3. The van der Waals surface area contributed by atoms with E-state index in [1.165, 1.54) is 5.56 Å². The summed E-state index contributed by atoms with van der Waals surface area (Å²) < 4.78 is 5.60. The zero-order valence-electron chi connectivity index (χ0n) is 13.6. The number of hydrogen-bond acceptors (Lipinski definition) is 3. The molecule has 2 aromatic carbocycles. The molecule has 25 heavy (non-hydrogen) atoms. The number of H-pyrrole nitrogens is 1. The lowest BCUT2D eigenvalue weighted by atomic mass is 9.89. The van der Waals surface area contributed by atoms with E-state index >= 15 is 0 Å². The van der Waals surface area contributed by atoms with Gasteiger partial charge in [0, 0.05) is 29.4 Å². The Balaban J connectivity index is 1.67. The molecule has 0 saturated heterocycles. The fourth-order valence-electron chi connectivity index (χ4n) is 4.04. The number of para-hydroxylation sites is 1. The Morgan fingerprint density at radius 2 is 2.08 bits per heavy atom. The molecule has 0 bridgehead atoms. The van der Waals surface area contributed by atoms with Crippen LogP contribution in [0.1, 0.15) is 28.4 Å². The number of aromatic amines is 1. The molecule has 0 amide bonds. The van der Waals surface area contributed by atoms with Crippen molar-refractivity contribution in [2.24, 2.45) is 0 Å². The van der Waals surface area contributed by atoms with Gasteiger partial charge in [0.15, 0.2) is 0 Å². The summed E-state index contributed by atoms with van der Waals surface area (Å²) in [6, 6.07) is 13.5. The molecule has 0 radical (unpaired) electrons. The standard InChI is InChI=1S/C20H18N2O3/c23-20(24)16-10-14-13-3-1-2-4-15(13)21-19(14)18(22-16)12-5-6-17-11(9-12)7-8-25-17/h1-6,9,16,18,21-22H,7-8,10H2,(H,23,24). The molecule has 0 spiro atoms. The van der Waals surface area contributed by atoms with Crippen LogP contribution in [-0.2, 0) is 17.6 Å². The minimum absolute atomic E-state index is 0.164. The first-order chi connectivity index (χ1) is 12.2. The van der Waals surface area contributed by atoms with Crippen molar-refractivity contribution in [3.8, 4) is 5.75 Å². The number of aromatic nitrogens is 1. The number of carboxylic acids is 1. The summed E-state index contributed by atoms with van der Waals surface area (Å²) in [5.41, 5.74) is 5.48. The lowest BCUT2D eigenvalue weighted by Gasteiger charge is -2.29. The van der Waals surface area contributed by atoms with Crippen molar-refractivity contribution in [2.45, 2.75) is 24.9 Å². The number of nitrogens with one attached hydrogen (secondary N) is 2. The maximum Gasteiger partial charge on any atom is 0.321 e. The molecule has 5 rings (SSSR count). The van der Waals surface area contributed by atoms with Crippen molar-refractivity contribution < 1.29 is 14.6 Å². The number of hydrogen-bond donors (Lipinski definition) is 3. The van der Waals surface area contributed by atoms with E-state index in [0.717, 1.165) is 39.9 Å². The minimum Gasteiger partial charge on any atom is -0.493 e. The predicted octanol–water partition coefficient (Wildman–Crippen LogP) is 2.79. The van der Waals surface area contributed by atoms with E-state index in [1.54, 1.807) is 0 Å². The largest absolute Gasteiger partial charge is 0.493 e. The first kappa shape index (κ1) is 14.5. The van der Waals surface area contributed by atoms with Crippen LogP contribution in [-0.4, -0.2) is 28.7 Å². The smallest absolute Gasteiger partial charge is 0.321 e. The summed E-state index contributed by atoms with van der Waals surface area (Å²) in [6.45, 7) is 0.715. The van der Waals surface area contributed by atoms with E-state index in [9.17, 15) is 9.90 Å². The number of carboxylic acid groups (broad SMARTS) is 1. The maximum atomic E-state index is 11.7. The summed E-state index contributed by atoms with van der Waals surface area (Å²) in [5.74, 6) is 0.122. The van der Waals surface area contributed by atoms with Gasteiger partial charge in [0.05, 0.1) is 12.6 Å². The first-order valence-electron chi connectivity index (χ1n) is 8.54. The molecule has 3 aromatic rings. The van der Waals surface area contributed by atoms with Gasteiger partial charge in [-0.2, -0.15) is 0 Å². The van der Waals surface area contributed by atoms with Crippen molar-refractivity contribution in [3.05, 3.63) is 64.8 Å². The van der Waals surface area contributed by atoms with E-state index in [0.29, 0.717) is 13.0 Å². The van der Waals surface area contributed by atoms with Crippen LogP contribution in [0.3, 0.4) is 0 Å². The van der Waals surface area contributed by atoms with Crippen LogP contribution in [0, 0.1) is 0 Å². The molecule has 126 valence electrons. The number of rotatable bonds is 2. The van der Waals surface area contributed by atoms with Gasteiger partial charge in [-0.05, 0) is 28.8 Å². The van der Waals surface area contributed by atoms with E-state index in [1.807, 2.05) is 30.3 Å². The Morgan fingerprint density at radius 1 is 1.20 bits per heavy atom. The SMILES string of the molecule is O=C(O)C1Cc2c([nH]c3ccccc23)C(c2ccc3c(c2)CCO3)N1. The maximum absolute atomic E-state index is 11.7. The number of aliphatic carboxylic acids is 1. The van der Waals surface area contributed by atoms with E-state index in [2.05, 4.69) is 22.4 Å². The molecule has 2 aliphatic rings. The summed E-state index contributed by atoms with van der Waals surface area (Å²) in [7, 11) is 0. The quantitative estimate of drug-likeness (QED) is 0.674. The summed E-state index contributed by atoms with van der Waals surface area (Å²) in [4.78, 5) is 15.2. The van der Waals surface area contributed by atoms with Crippen LogP contribution < -0.4 is 10.1 Å². The average Bonchev–Trinajstić information content (AvgIpc) is 3.24. The fraction of sp³-hybridized carbons (Fsp3) is 0.250. The highest BCUT2D eigenvalue weighted by atomic mass is 16.5. The van der Waals surface area contributed by atoms with E-state index < -0.39 is 12.0 Å². The minimum atomic E-state index is -0.814. The van der Waals surface area contributed by atoms with Crippen molar-refractivity contribution in [1.29, 1.82) is 0 Å². The van der Waals surface area contributed by atoms with Crippen LogP contribution in [0.4, 0.5) is 0 Å². The summed E-state index contributed by atoms with van der Waals surface area (Å²) in [6.07, 6.45) is 1.39. The number of benzene rings is 2. The molecule has 1 aromatic heterocycles. The van der Waals surface area contributed by atoms with Crippen LogP contribution in [0.25, 0.3) is 10.9 Å². The summed E-state index contributed by atoms with van der Waals surface area (Å²) in [5, 5.41) is 14.0. The molecule has 5 nitrogen and oxygen atoms in total. The van der Waals surface area contributed by atoms with Crippen molar-refractivity contribution in [1.82, 2.24) is 10.3 Å². The zero-order valence-corrected chi connectivity index (χ0v) is 13.6. The monoisotopic (exact) mass is 334 g/mol. The van der Waals surface area contributed by atoms with Gasteiger partial charge >= 0.3 is 5.97 Å². The third-order valence-electron chi connectivity index (χ3n) is 5.26. The fourth-order valence-corrected chi connectivity index (χ4v) is 4.04. The number of carbonyl (C=O) groups is 1. The van der Waals surface area contributed by atoms with Crippen LogP contribution in [0.15, 0.2) is 42.5 Å². The highest BCUT2D eigenvalue weighted by molar-refractivity contribution is 5.87. The highest BCUT2D eigenvalue weighted by Gasteiger charge is 2.34. The van der Waals surface area contributed by atoms with Crippen LogP contribution >= 0.6 is 0 Å². The first-order valence-corrected chi connectivity index (χ1v) is 8.54. The van der Waals surface area contributed by atoms with Gasteiger partial charge in [-0.15, -0.1) is 0 Å². The van der Waals surface area contributed by atoms with Crippen LogP contribution in [0.2, 0.25) is 0 Å². The van der Waals surface area contributed by atoms with Crippen molar-refractivity contribution in [3.63, 3.8) is 0 Å². The van der Waals surface area contributed by atoms with Gasteiger partial charge in [-0.25, -0.2) is 0 Å². The Kier molecular flexibility index (Phi) is 3.12. The lowest BCUT2D eigenvalue weighted by Crippen LogP contribution is -2.44. The van der Waals surface area contributed by atoms with Gasteiger partial charge in [-0.1, -0.05) is 30.3 Å². The Morgan fingerprint density at radius 3 is 2.96 bits per heavy atom. The van der Waals surface area contributed by atoms with Gasteiger partial charge in [0.25, 0.3) is 0 Å². The molecule has 0 fully saturated rings. The Hall–Kier alpha value is -2.79. The lowest BCUT2D eigenvalue weighted by molar-refractivity contribution is -0.139. The topological polar surface area (TPSA) is 74.3 Å². The van der Waals surface area contributed by atoms with Gasteiger partial charge < -0.3 is 14.8 Å². The molecule has 5 heteroatoms. The number of ether oxygens (including phenoxy) is 1. The molecule has 2 aliphatic heterocycles. The molecule has 0 saturated carbocycles. The third-order valence-corrected chi connectivity index (χ3v) is 5.26. The van der Waals surface area contributed by atoms with E-state index in [-0.39, 0.29) is 6.04 Å². The van der Waals surface area contributed by atoms with Gasteiger partial charge in [-0.3, -0.25) is 10.1 Å². The Labute approximate surface area is 144 Å². The second kappa shape index (κ2) is 5.36. The van der Waals surface area contributed by atoms with Crippen LogP contribution in [0.5, 0.6) is 5.75 Å². The molecular weight excluding hydrogens is 316 g/mol. The van der Waals surface area contributed by atoms with Gasteiger partial charge in [0.1, 0.15) is 11.8 Å². The third kappa shape index (κ3) is 2.23. The van der Waals surface area contributed by atoms with Crippen molar-refractivity contribution >= 4 is 16.9 Å². The highest BCUT2D eigenvalue weighted by Crippen LogP contribution is 2.37. The average molecular weight is 334 g/mol. The second-order valence-corrected chi connectivity index (χ2v) is 6.72. The number of fused-ring (bicyclic) bond motifs is 4. The zero-order chi connectivity index (χ0) is 17.0. The molecule has 2 unspecified atom stereocenters. The molecule has 3 heterocycles. The molecule has 0 aliphatic carbocycles. The second-order valence-electron chi connectivity index (χ2n) is 6.72. The van der Waals surface area contributed by atoms with E-state index in [4.69, 9.17) is 4.74 Å². The summed E-state index contributed by atoms with van der Waals surface area (Å²) >= 11 is 0. The normalized spacial score (nSPS) is 21.6.